The van der Waals surface area contributed by atoms with Crippen molar-refractivity contribution in [2.45, 2.75) is 57.6 Å². The maximum atomic E-state index is 4.64. The summed E-state index contributed by atoms with van der Waals surface area (Å²) in [5.41, 5.74) is 0. The fraction of sp³-hybridized carbons (Fsp3) is 1.00. The molecule has 0 N–H and O–H groups in total. The van der Waals surface area contributed by atoms with Gasteiger partial charge in [-0.25, -0.2) is 0 Å². The highest BCUT2D eigenvalue weighted by atomic mass is 32.1. The van der Waals surface area contributed by atoms with Gasteiger partial charge in [0.15, 0.2) is 0 Å². The Hall–Kier alpha value is 0.350. The van der Waals surface area contributed by atoms with Crippen molar-refractivity contribution >= 4 is 12.6 Å². The molecule has 0 saturated heterocycles. The molecule has 0 aromatic rings. The van der Waals surface area contributed by atoms with Crippen LogP contribution in [0.3, 0.4) is 0 Å². The Morgan fingerprint density at radius 2 is 1.92 bits per heavy atom. The Morgan fingerprint density at radius 3 is 2.33 bits per heavy atom. The summed E-state index contributed by atoms with van der Waals surface area (Å²) in [6, 6.07) is 0. The topological polar surface area (TPSA) is 0 Å². The van der Waals surface area contributed by atoms with Crippen molar-refractivity contribution in [3.05, 3.63) is 0 Å². The average Bonchev–Trinajstić information content (AvgIpc) is 2.47. The van der Waals surface area contributed by atoms with Gasteiger partial charge in [-0.05, 0) is 31.1 Å². The Kier molecular flexibility index (Phi) is 4.49. The predicted octanol–water partition coefficient (Wildman–Crippen LogP) is 3.91. The number of thiol groups is 1. The number of hydrogen-bond donors (Lipinski definition) is 1. The van der Waals surface area contributed by atoms with Crippen LogP contribution in [0.5, 0.6) is 0 Å². The van der Waals surface area contributed by atoms with E-state index in [1.54, 1.807) is 0 Å². The monoisotopic (exact) mass is 186 g/mol. The van der Waals surface area contributed by atoms with Crippen LogP contribution in [0.15, 0.2) is 0 Å². The minimum absolute atomic E-state index is 0.714. The minimum atomic E-state index is 0.714. The first kappa shape index (κ1) is 10.4. The van der Waals surface area contributed by atoms with Crippen LogP contribution >= 0.6 is 12.6 Å². The van der Waals surface area contributed by atoms with Gasteiger partial charge in [0.25, 0.3) is 0 Å². The maximum Gasteiger partial charge on any atom is 0.00451 e. The van der Waals surface area contributed by atoms with E-state index in [0.29, 0.717) is 5.25 Å². The summed E-state index contributed by atoms with van der Waals surface area (Å²) in [6.45, 7) is 4.63. The van der Waals surface area contributed by atoms with Gasteiger partial charge in [0.05, 0.1) is 0 Å². The molecule has 1 rings (SSSR count). The molecule has 0 amide bonds. The zero-order chi connectivity index (χ0) is 8.97. The van der Waals surface area contributed by atoms with Gasteiger partial charge in [-0.2, -0.15) is 12.6 Å². The smallest absolute Gasteiger partial charge is 0.00451 e. The van der Waals surface area contributed by atoms with E-state index in [2.05, 4.69) is 26.5 Å². The molecule has 72 valence electrons. The Balaban J connectivity index is 2.28. The van der Waals surface area contributed by atoms with Crippen LogP contribution in [0, 0.1) is 11.8 Å². The SMILES string of the molecule is CCC(CC)CC1CCC[C@H]1S. The second kappa shape index (κ2) is 5.16. The van der Waals surface area contributed by atoms with Crippen LogP contribution in [0.1, 0.15) is 52.4 Å². The molecule has 0 heterocycles. The molecule has 0 bridgehead atoms. The van der Waals surface area contributed by atoms with Crippen LogP contribution < -0.4 is 0 Å². The third-order valence-electron chi connectivity index (χ3n) is 3.41. The van der Waals surface area contributed by atoms with Gasteiger partial charge in [-0.3, -0.25) is 0 Å². The Morgan fingerprint density at radius 1 is 1.25 bits per heavy atom. The standard InChI is InChI=1S/C11H22S/c1-3-9(4-2)8-10-6-5-7-11(10)12/h9-12H,3-8H2,1-2H3/t10?,11-/m1/s1. The molecular formula is C11H22S. The molecular weight excluding hydrogens is 164 g/mol. The fourth-order valence-electron chi connectivity index (χ4n) is 2.34. The third kappa shape index (κ3) is 2.69. The van der Waals surface area contributed by atoms with Gasteiger partial charge in [0.2, 0.25) is 0 Å². The molecule has 1 fully saturated rings. The highest BCUT2D eigenvalue weighted by Crippen LogP contribution is 2.35. The second-order valence-electron chi connectivity index (χ2n) is 4.18. The first-order chi connectivity index (χ1) is 5.77. The van der Waals surface area contributed by atoms with E-state index in [0.717, 1.165) is 11.8 Å². The van der Waals surface area contributed by atoms with E-state index in [9.17, 15) is 0 Å². The van der Waals surface area contributed by atoms with Gasteiger partial charge in [0.1, 0.15) is 0 Å². The summed E-state index contributed by atoms with van der Waals surface area (Å²) in [5, 5.41) is 0.714. The van der Waals surface area contributed by atoms with Crippen LogP contribution in [0.2, 0.25) is 0 Å². The highest BCUT2D eigenvalue weighted by molar-refractivity contribution is 7.81. The molecule has 1 saturated carbocycles. The fourth-order valence-corrected chi connectivity index (χ4v) is 2.80. The summed E-state index contributed by atoms with van der Waals surface area (Å²) in [4.78, 5) is 0. The first-order valence-electron chi connectivity index (χ1n) is 5.46. The highest BCUT2D eigenvalue weighted by Gasteiger charge is 2.25. The van der Waals surface area contributed by atoms with E-state index < -0.39 is 0 Å². The third-order valence-corrected chi connectivity index (χ3v) is 4.09. The van der Waals surface area contributed by atoms with E-state index in [-0.39, 0.29) is 0 Å². The largest absolute Gasteiger partial charge is 0.176 e. The van der Waals surface area contributed by atoms with E-state index in [4.69, 9.17) is 0 Å². The molecule has 1 aliphatic carbocycles. The molecule has 12 heavy (non-hydrogen) atoms. The van der Waals surface area contributed by atoms with Crippen molar-refractivity contribution < 1.29 is 0 Å². The molecule has 1 aliphatic rings. The van der Waals surface area contributed by atoms with Crippen molar-refractivity contribution in [3.8, 4) is 0 Å². The van der Waals surface area contributed by atoms with Crippen molar-refractivity contribution in [1.82, 2.24) is 0 Å². The maximum absolute atomic E-state index is 4.64. The molecule has 0 aromatic carbocycles. The lowest BCUT2D eigenvalue weighted by molar-refractivity contribution is 0.363. The summed E-state index contributed by atoms with van der Waals surface area (Å²) >= 11 is 4.64. The van der Waals surface area contributed by atoms with E-state index in [1.165, 1.54) is 38.5 Å². The lowest BCUT2D eigenvalue weighted by Gasteiger charge is -2.20. The molecule has 0 aromatic heterocycles. The summed E-state index contributed by atoms with van der Waals surface area (Å²) < 4.78 is 0. The van der Waals surface area contributed by atoms with Crippen LogP contribution in [0.25, 0.3) is 0 Å². The van der Waals surface area contributed by atoms with Crippen molar-refractivity contribution in [3.63, 3.8) is 0 Å². The van der Waals surface area contributed by atoms with Crippen molar-refractivity contribution in [2.75, 3.05) is 0 Å². The summed E-state index contributed by atoms with van der Waals surface area (Å²) in [6.07, 6.45) is 8.35. The molecule has 1 heteroatoms. The average molecular weight is 186 g/mol. The van der Waals surface area contributed by atoms with Gasteiger partial charge < -0.3 is 0 Å². The first-order valence-corrected chi connectivity index (χ1v) is 5.97. The van der Waals surface area contributed by atoms with Crippen LogP contribution in [-0.4, -0.2) is 5.25 Å². The van der Waals surface area contributed by atoms with Gasteiger partial charge in [0, 0.05) is 5.25 Å². The van der Waals surface area contributed by atoms with Gasteiger partial charge in [-0.15, -0.1) is 0 Å². The van der Waals surface area contributed by atoms with Gasteiger partial charge >= 0.3 is 0 Å². The quantitative estimate of drug-likeness (QED) is 0.632. The van der Waals surface area contributed by atoms with Crippen LogP contribution in [0.4, 0.5) is 0 Å². The van der Waals surface area contributed by atoms with Crippen LogP contribution in [-0.2, 0) is 0 Å². The number of rotatable bonds is 4. The lowest BCUT2D eigenvalue weighted by Crippen LogP contribution is -2.12. The molecule has 2 atom stereocenters. The summed E-state index contributed by atoms with van der Waals surface area (Å²) in [7, 11) is 0. The molecule has 1 unspecified atom stereocenters. The van der Waals surface area contributed by atoms with Crippen molar-refractivity contribution in [1.29, 1.82) is 0 Å². The zero-order valence-corrected chi connectivity index (χ0v) is 9.32. The van der Waals surface area contributed by atoms with Gasteiger partial charge in [-0.1, -0.05) is 33.1 Å². The Labute approximate surface area is 82.5 Å². The summed E-state index contributed by atoms with van der Waals surface area (Å²) in [5.74, 6) is 1.89. The molecule has 0 aliphatic heterocycles. The predicted molar refractivity (Wildman–Crippen MR) is 58.8 cm³/mol. The molecule has 0 nitrogen and oxygen atoms in total. The van der Waals surface area contributed by atoms with Crippen molar-refractivity contribution in [2.24, 2.45) is 11.8 Å². The minimum Gasteiger partial charge on any atom is -0.176 e. The zero-order valence-electron chi connectivity index (χ0n) is 8.42. The lowest BCUT2D eigenvalue weighted by atomic mass is 9.89. The normalized spacial score (nSPS) is 30.0. The molecule has 0 radical (unpaired) electrons. The van der Waals surface area contributed by atoms with E-state index in [1.807, 2.05) is 0 Å². The molecule has 0 spiro atoms. The second-order valence-corrected chi connectivity index (χ2v) is 4.84. The van der Waals surface area contributed by atoms with E-state index >= 15 is 0 Å². The Bertz CT molecular complexity index is 118. The number of hydrogen-bond acceptors (Lipinski definition) is 1.